The molecule has 7 heteroatoms. The second-order valence-corrected chi connectivity index (χ2v) is 8.83. The lowest BCUT2D eigenvalue weighted by atomic mass is 9.80. The maximum absolute atomic E-state index is 12.5. The minimum Gasteiger partial charge on any atom is -0.381 e. The Morgan fingerprint density at radius 2 is 1.89 bits per heavy atom. The predicted octanol–water partition coefficient (Wildman–Crippen LogP) is 0.588. The first-order valence-electron chi connectivity index (χ1n) is 10.5. The maximum atomic E-state index is 12.5. The van der Waals surface area contributed by atoms with Gasteiger partial charge in [0.15, 0.2) is 0 Å². The molecule has 3 heterocycles. The topological polar surface area (TPSA) is 63.3 Å². The lowest BCUT2D eigenvalue weighted by Crippen LogP contribution is -2.50. The predicted molar refractivity (Wildman–Crippen MR) is 104 cm³/mol. The molecular formula is C20H37N3O4. The molecule has 0 bridgehead atoms. The van der Waals surface area contributed by atoms with Gasteiger partial charge in [-0.15, -0.1) is 0 Å². The highest BCUT2D eigenvalue weighted by Gasteiger charge is 2.37. The van der Waals surface area contributed by atoms with Gasteiger partial charge in [0.05, 0.1) is 32.5 Å². The van der Waals surface area contributed by atoms with E-state index in [9.17, 15) is 4.79 Å². The van der Waals surface area contributed by atoms with E-state index in [1.807, 2.05) is 0 Å². The van der Waals surface area contributed by atoms with Gasteiger partial charge in [0.2, 0.25) is 5.91 Å². The molecule has 1 amide bonds. The van der Waals surface area contributed by atoms with Crippen LogP contribution in [0.5, 0.6) is 0 Å². The fraction of sp³-hybridized carbons (Fsp3) is 0.950. The molecule has 0 radical (unpaired) electrons. The number of hydrogen-bond acceptors (Lipinski definition) is 6. The quantitative estimate of drug-likeness (QED) is 0.724. The monoisotopic (exact) mass is 383 g/mol. The van der Waals surface area contributed by atoms with E-state index in [2.05, 4.69) is 29.0 Å². The number of morpholine rings is 1. The molecule has 1 N–H and O–H groups in total. The summed E-state index contributed by atoms with van der Waals surface area (Å²) >= 11 is 0. The normalized spacial score (nSPS) is 27.6. The zero-order valence-corrected chi connectivity index (χ0v) is 17.1. The number of nitrogens with zero attached hydrogens (tertiary/aromatic N) is 2. The molecule has 0 aromatic carbocycles. The molecule has 3 aliphatic rings. The van der Waals surface area contributed by atoms with E-state index in [1.54, 1.807) is 0 Å². The van der Waals surface area contributed by atoms with Gasteiger partial charge in [-0.05, 0) is 18.8 Å². The van der Waals surface area contributed by atoms with E-state index in [4.69, 9.17) is 14.2 Å². The Kier molecular flexibility index (Phi) is 7.90. The van der Waals surface area contributed by atoms with Crippen molar-refractivity contribution in [3.63, 3.8) is 0 Å². The van der Waals surface area contributed by atoms with E-state index in [0.717, 1.165) is 72.0 Å². The van der Waals surface area contributed by atoms with Crippen LogP contribution in [0.15, 0.2) is 0 Å². The van der Waals surface area contributed by atoms with Crippen LogP contribution < -0.4 is 5.32 Å². The molecule has 27 heavy (non-hydrogen) atoms. The molecule has 7 nitrogen and oxygen atoms in total. The summed E-state index contributed by atoms with van der Waals surface area (Å²) in [7, 11) is 0. The van der Waals surface area contributed by atoms with Gasteiger partial charge in [0.1, 0.15) is 0 Å². The highest BCUT2D eigenvalue weighted by Crippen LogP contribution is 2.33. The average Bonchev–Trinajstić information content (AvgIpc) is 2.82. The Morgan fingerprint density at radius 1 is 1.11 bits per heavy atom. The zero-order valence-electron chi connectivity index (χ0n) is 17.1. The van der Waals surface area contributed by atoms with Gasteiger partial charge in [-0.2, -0.15) is 0 Å². The molecule has 0 aliphatic carbocycles. The van der Waals surface area contributed by atoms with Crippen molar-refractivity contribution < 1.29 is 19.0 Å². The summed E-state index contributed by atoms with van der Waals surface area (Å²) in [6, 6.07) is 0. The van der Waals surface area contributed by atoms with Crippen molar-refractivity contribution in [1.82, 2.24) is 15.1 Å². The second-order valence-electron chi connectivity index (χ2n) is 8.83. The van der Waals surface area contributed by atoms with Gasteiger partial charge in [-0.25, -0.2) is 0 Å². The molecule has 156 valence electrons. The highest BCUT2D eigenvalue weighted by atomic mass is 16.5. The summed E-state index contributed by atoms with van der Waals surface area (Å²) in [4.78, 5) is 17.2. The third kappa shape index (κ3) is 6.68. The third-order valence-corrected chi connectivity index (χ3v) is 5.81. The molecule has 0 aromatic rings. The van der Waals surface area contributed by atoms with Crippen molar-refractivity contribution in [1.29, 1.82) is 0 Å². The van der Waals surface area contributed by atoms with Crippen molar-refractivity contribution in [2.75, 3.05) is 78.8 Å². The summed E-state index contributed by atoms with van der Waals surface area (Å²) in [5.41, 5.74) is 0.152. The molecular weight excluding hydrogens is 346 g/mol. The Hall–Kier alpha value is -0.730. The molecule has 0 aromatic heterocycles. The van der Waals surface area contributed by atoms with Crippen LogP contribution in [0.4, 0.5) is 0 Å². The van der Waals surface area contributed by atoms with Crippen molar-refractivity contribution in [3.05, 3.63) is 0 Å². The number of rotatable bonds is 6. The van der Waals surface area contributed by atoms with Crippen LogP contribution in [0, 0.1) is 11.3 Å². The fourth-order valence-electron chi connectivity index (χ4n) is 4.40. The van der Waals surface area contributed by atoms with Crippen LogP contribution in [-0.2, 0) is 19.0 Å². The smallest absolute Gasteiger partial charge is 0.234 e. The third-order valence-electron chi connectivity index (χ3n) is 5.81. The minimum absolute atomic E-state index is 0.0868. The number of carbonyl (C=O) groups is 1. The molecule has 0 saturated carbocycles. The van der Waals surface area contributed by atoms with E-state index in [1.165, 1.54) is 0 Å². The van der Waals surface area contributed by atoms with Gasteiger partial charge in [0.25, 0.3) is 0 Å². The summed E-state index contributed by atoms with van der Waals surface area (Å²) in [6.07, 6.45) is 2.13. The number of ether oxygens (including phenoxy) is 3. The first kappa shape index (κ1) is 21.0. The van der Waals surface area contributed by atoms with Crippen molar-refractivity contribution in [2.45, 2.75) is 32.8 Å². The molecule has 3 rings (SSSR count). The average molecular weight is 384 g/mol. The highest BCUT2D eigenvalue weighted by molar-refractivity contribution is 5.78. The molecule has 3 fully saturated rings. The zero-order chi connectivity index (χ0) is 19.1. The van der Waals surface area contributed by atoms with E-state index < -0.39 is 0 Å². The first-order chi connectivity index (χ1) is 13.0. The van der Waals surface area contributed by atoms with Crippen LogP contribution in [-0.4, -0.2) is 101 Å². The van der Waals surface area contributed by atoms with Gasteiger partial charge < -0.3 is 19.5 Å². The van der Waals surface area contributed by atoms with Crippen LogP contribution >= 0.6 is 0 Å². The maximum Gasteiger partial charge on any atom is 0.234 e. The Morgan fingerprint density at radius 3 is 2.67 bits per heavy atom. The second kappa shape index (κ2) is 10.2. The SMILES string of the molecule is CC(C)CN1CCOC(CNC(=O)CN2CCOCC3(CCOCC3)C2)C1. The largest absolute Gasteiger partial charge is 0.381 e. The number of amides is 1. The van der Waals surface area contributed by atoms with Crippen LogP contribution in [0.25, 0.3) is 0 Å². The molecule has 1 spiro atoms. The summed E-state index contributed by atoms with van der Waals surface area (Å²) in [5.74, 6) is 0.741. The molecule has 1 atom stereocenters. The van der Waals surface area contributed by atoms with E-state index >= 15 is 0 Å². The lowest BCUT2D eigenvalue weighted by molar-refractivity contribution is -0.124. The number of nitrogens with one attached hydrogen (secondary N) is 1. The Labute approximate surface area is 163 Å². The van der Waals surface area contributed by atoms with Gasteiger partial charge in [-0.3, -0.25) is 14.6 Å². The van der Waals surface area contributed by atoms with Crippen molar-refractivity contribution >= 4 is 5.91 Å². The fourth-order valence-corrected chi connectivity index (χ4v) is 4.40. The number of carbonyl (C=O) groups excluding carboxylic acids is 1. The van der Waals surface area contributed by atoms with Crippen LogP contribution in [0.3, 0.4) is 0 Å². The molecule has 1 unspecified atom stereocenters. The molecule has 3 aliphatic heterocycles. The van der Waals surface area contributed by atoms with E-state index in [0.29, 0.717) is 25.6 Å². The van der Waals surface area contributed by atoms with Crippen molar-refractivity contribution in [2.24, 2.45) is 11.3 Å². The van der Waals surface area contributed by atoms with E-state index in [-0.39, 0.29) is 17.4 Å². The van der Waals surface area contributed by atoms with Gasteiger partial charge >= 0.3 is 0 Å². The molecule has 3 saturated heterocycles. The number of hydrogen-bond donors (Lipinski definition) is 1. The van der Waals surface area contributed by atoms with Crippen LogP contribution in [0.1, 0.15) is 26.7 Å². The van der Waals surface area contributed by atoms with Crippen LogP contribution in [0.2, 0.25) is 0 Å². The Balaban J connectivity index is 1.41. The summed E-state index contributed by atoms with van der Waals surface area (Å²) < 4.78 is 17.2. The van der Waals surface area contributed by atoms with Gasteiger partial charge in [0, 0.05) is 57.9 Å². The first-order valence-corrected chi connectivity index (χ1v) is 10.5. The van der Waals surface area contributed by atoms with Crippen molar-refractivity contribution in [3.8, 4) is 0 Å². The lowest BCUT2D eigenvalue weighted by Gasteiger charge is -2.38. The summed E-state index contributed by atoms with van der Waals surface area (Å²) in [6.45, 7) is 14.1. The summed E-state index contributed by atoms with van der Waals surface area (Å²) in [5, 5.41) is 3.09. The Bertz CT molecular complexity index is 468. The standard InChI is InChI=1S/C20H37N3O4/c1-17(2)12-22-6-10-27-18(13-22)11-21-19(24)14-23-5-9-26-16-20(15-23)3-7-25-8-4-20/h17-18H,3-16H2,1-2H3,(H,21,24). The minimum atomic E-state index is 0.0868. The van der Waals surface area contributed by atoms with Gasteiger partial charge in [-0.1, -0.05) is 13.8 Å².